The van der Waals surface area contributed by atoms with Gasteiger partial charge < -0.3 is 8.85 Å². The molecule has 2 saturated carbocycles. The molecule has 0 aromatic rings. The zero-order chi connectivity index (χ0) is 14.2. The molecule has 0 bridgehead atoms. The van der Waals surface area contributed by atoms with Gasteiger partial charge in [-0.1, -0.05) is 38.7 Å². The lowest BCUT2D eigenvalue weighted by atomic mass is 9.80. The van der Waals surface area contributed by atoms with E-state index in [1.807, 2.05) is 0 Å². The van der Waals surface area contributed by atoms with E-state index in [4.69, 9.17) is 8.85 Å². The van der Waals surface area contributed by atoms with Crippen LogP contribution in [0.25, 0.3) is 0 Å². The average molecular weight is 295 g/mol. The first-order valence-electron chi connectivity index (χ1n) is 8.44. The Morgan fingerprint density at radius 2 is 1.75 bits per heavy atom. The molecule has 0 aliphatic heterocycles. The van der Waals surface area contributed by atoms with Crippen LogP contribution in [0.4, 0.5) is 0 Å². The van der Waals surface area contributed by atoms with Crippen molar-refractivity contribution < 1.29 is 8.85 Å². The molecule has 0 aromatic heterocycles. The summed E-state index contributed by atoms with van der Waals surface area (Å²) >= 11 is 0. The molecule has 0 heterocycles. The Bertz CT molecular complexity index is 326. The van der Waals surface area contributed by atoms with Crippen LogP contribution in [0.15, 0.2) is 12.2 Å². The number of rotatable bonds is 7. The van der Waals surface area contributed by atoms with Gasteiger partial charge >= 0.3 is 8.90 Å². The summed E-state index contributed by atoms with van der Waals surface area (Å²) in [5, 5.41) is 0. The highest BCUT2D eigenvalue weighted by Crippen LogP contribution is 2.32. The van der Waals surface area contributed by atoms with Crippen LogP contribution >= 0.6 is 0 Å². The maximum atomic E-state index is 6.07. The van der Waals surface area contributed by atoms with E-state index in [1.165, 1.54) is 63.4 Å². The Kier molecular flexibility index (Phi) is 6.84. The van der Waals surface area contributed by atoms with E-state index >= 15 is 0 Å². The molecule has 2 nitrogen and oxygen atoms in total. The quantitative estimate of drug-likeness (QED) is 0.397. The second kappa shape index (κ2) is 8.66. The number of hydrogen-bond acceptors (Lipinski definition) is 2. The summed E-state index contributed by atoms with van der Waals surface area (Å²) in [6.45, 7) is 7.73. The molecular weight excluding hydrogens is 264 g/mol. The van der Waals surface area contributed by atoms with Gasteiger partial charge in [-0.25, -0.2) is 0 Å². The highest BCUT2D eigenvalue weighted by Gasteiger charge is 2.21. The van der Waals surface area contributed by atoms with Crippen LogP contribution in [-0.2, 0) is 8.85 Å². The summed E-state index contributed by atoms with van der Waals surface area (Å²) in [5.41, 5.74) is 3.70. The van der Waals surface area contributed by atoms with Gasteiger partial charge in [-0.2, -0.15) is 0 Å². The van der Waals surface area contributed by atoms with Crippen LogP contribution in [0.3, 0.4) is 0 Å². The Morgan fingerprint density at radius 3 is 2.30 bits per heavy atom. The molecule has 2 rings (SSSR count). The predicted octanol–water partition coefficient (Wildman–Crippen LogP) is 4.24. The van der Waals surface area contributed by atoms with Crippen molar-refractivity contribution in [2.45, 2.75) is 64.7 Å². The summed E-state index contributed by atoms with van der Waals surface area (Å²) < 4.78 is 11.9. The topological polar surface area (TPSA) is 18.5 Å². The molecule has 2 aliphatic rings. The van der Waals surface area contributed by atoms with Crippen LogP contribution in [0.1, 0.15) is 64.7 Å². The summed E-state index contributed by atoms with van der Waals surface area (Å²) in [7, 11) is -1.21. The monoisotopic (exact) mass is 294 g/mol. The van der Waals surface area contributed by atoms with Crippen LogP contribution in [0, 0.1) is 11.8 Å². The molecular formula is C17H30O2Si. The second-order valence-electron chi connectivity index (χ2n) is 6.25. The standard InChI is InChI=1S/C17H30O2Si/c1-3-18-20(14-16-9-6-4-5-7-10-16)19-13-15(2)17-11-8-12-17/h14,16-17H,2-13H2,1H3. The van der Waals surface area contributed by atoms with Crippen molar-refractivity contribution in [2.24, 2.45) is 11.8 Å². The maximum Gasteiger partial charge on any atom is 0.476 e. The lowest BCUT2D eigenvalue weighted by Crippen LogP contribution is -2.24. The van der Waals surface area contributed by atoms with Crippen molar-refractivity contribution in [3.63, 3.8) is 0 Å². The highest BCUT2D eigenvalue weighted by atomic mass is 28.3. The summed E-state index contributed by atoms with van der Waals surface area (Å²) in [5.74, 6) is 1.44. The summed E-state index contributed by atoms with van der Waals surface area (Å²) in [6.07, 6.45) is 12.2. The molecule has 0 saturated heterocycles. The van der Waals surface area contributed by atoms with E-state index in [1.54, 1.807) is 0 Å². The van der Waals surface area contributed by atoms with Gasteiger partial charge in [0.25, 0.3) is 0 Å². The largest absolute Gasteiger partial charge is 0.524 e. The normalized spacial score (nSPS) is 21.9. The van der Waals surface area contributed by atoms with Gasteiger partial charge in [-0.05, 0) is 55.7 Å². The Balaban J connectivity index is 1.82. The molecule has 114 valence electrons. The average Bonchev–Trinajstić information content (AvgIpc) is 2.63. The zero-order valence-electron chi connectivity index (χ0n) is 13.0. The molecule has 0 spiro atoms. The molecule has 3 heteroatoms. The maximum absolute atomic E-state index is 6.07. The highest BCUT2D eigenvalue weighted by molar-refractivity contribution is 6.54. The molecule has 0 aromatic carbocycles. The minimum absolute atomic E-state index is 0.710. The summed E-state index contributed by atoms with van der Waals surface area (Å²) in [4.78, 5) is 0. The fourth-order valence-electron chi connectivity index (χ4n) is 3.05. The van der Waals surface area contributed by atoms with Crippen molar-refractivity contribution in [3.8, 4) is 0 Å². The van der Waals surface area contributed by atoms with E-state index in [-0.39, 0.29) is 0 Å². The van der Waals surface area contributed by atoms with Gasteiger partial charge in [0, 0.05) is 0 Å². The van der Waals surface area contributed by atoms with Gasteiger partial charge in [0.15, 0.2) is 0 Å². The number of hydrogen-bond donors (Lipinski definition) is 0. The molecule has 2 aliphatic carbocycles. The van der Waals surface area contributed by atoms with Crippen molar-refractivity contribution in [3.05, 3.63) is 12.2 Å². The van der Waals surface area contributed by atoms with E-state index in [0.29, 0.717) is 6.61 Å². The Hall–Kier alpha value is -0.573. The fourth-order valence-corrected chi connectivity index (χ4v) is 4.65. The Morgan fingerprint density at radius 1 is 1.05 bits per heavy atom. The lowest BCUT2D eigenvalue weighted by molar-refractivity contribution is 0.225. The molecule has 0 radical (unpaired) electrons. The lowest BCUT2D eigenvalue weighted by Gasteiger charge is -2.27. The van der Waals surface area contributed by atoms with E-state index in [9.17, 15) is 0 Å². The van der Waals surface area contributed by atoms with E-state index < -0.39 is 8.90 Å². The third kappa shape index (κ3) is 5.08. The van der Waals surface area contributed by atoms with Crippen molar-refractivity contribution in [2.75, 3.05) is 13.2 Å². The zero-order valence-corrected chi connectivity index (χ0v) is 14.0. The minimum Gasteiger partial charge on any atom is -0.524 e. The molecule has 0 atom stereocenters. The van der Waals surface area contributed by atoms with E-state index in [2.05, 4.69) is 19.2 Å². The fraction of sp³-hybridized carbons (Fsp3) is 0.824. The first-order valence-corrected chi connectivity index (χ1v) is 9.84. The smallest absolute Gasteiger partial charge is 0.476 e. The van der Waals surface area contributed by atoms with E-state index in [0.717, 1.165) is 18.4 Å². The van der Waals surface area contributed by atoms with Crippen molar-refractivity contribution in [1.82, 2.24) is 0 Å². The van der Waals surface area contributed by atoms with Crippen LogP contribution in [0.2, 0.25) is 0 Å². The van der Waals surface area contributed by atoms with Crippen molar-refractivity contribution in [1.29, 1.82) is 0 Å². The molecule has 0 unspecified atom stereocenters. The SMILES string of the molecule is C=C(CO[Si](=CC1CCCCCC1)OCC)C1CCC1. The van der Waals surface area contributed by atoms with Crippen molar-refractivity contribution >= 4 is 14.6 Å². The van der Waals surface area contributed by atoms with Crippen LogP contribution in [0.5, 0.6) is 0 Å². The summed E-state index contributed by atoms with van der Waals surface area (Å²) in [6, 6.07) is 0. The molecule has 2 fully saturated rings. The first-order chi connectivity index (χ1) is 9.79. The van der Waals surface area contributed by atoms with Gasteiger partial charge in [0.1, 0.15) is 0 Å². The third-order valence-electron chi connectivity index (χ3n) is 4.64. The molecule has 0 amide bonds. The first kappa shape index (κ1) is 15.8. The van der Waals surface area contributed by atoms with Gasteiger partial charge in [0.05, 0.1) is 13.2 Å². The minimum atomic E-state index is -1.21. The third-order valence-corrected chi connectivity index (χ3v) is 6.39. The predicted molar refractivity (Wildman–Crippen MR) is 87.1 cm³/mol. The second-order valence-corrected chi connectivity index (χ2v) is 7.79. The molecule has 0 N–H and O–H groups in total. The van der Waals surface area contributed by atoms with Gasteiger partial charge in [-0.15, -0.1) is 0 Å². The van der Waals surface area contributed by atoms with Gasteiger partial charge in [-0.3, -0.25) is 0 Å². The van der Waals surface area contributed by atoms with Gasteiger partial charge in [0.2, 0.25) is 0 Å². The van der Waals surface area contributed by atoms with Crippen LogP contribution < -0.4 is 0 Å². The van der Waals surface area contributed by atoms with Crippen LogP contribution in [-0.4, -0.2) is 27.8 Å². The Labute approximate surface area is 126 Å². The molecule has 20 heavy (non-hydrogen) atoms.